The summed E-state index contributed by atoms with van der Waals surface area (Å²) >= 11 is 0. The zero-order valence-corrected chi connectivity index (χ0v) is 9.82. The molecule has 1 aromatic carbocycles. The zero-order valence-electron chi connectivity index (χ0n) is 9.82. The molecule has 0 aliphatic rings. The van der Waals surface area contributed by atoms with Gasteiger partial charge in [0, 0.05) is 0 Å². The van der Waals surface area contributed by atoms with E-state index in [0.717, 1.165) is 5.56 Å². The molecule has 0 saturated carbocycles. The predicted molar refractivity (Wildman–Crippen MR) is 65.5 cm³/mol. The van der Waals surface area contributed by atoms with Gasteiger partial charge in [-0.1, -0.05) is 19.9 Å². The molecule has 4 N–H and O–H groups in total. The summed E-state index contributed by atoms with van der Waals surface area (Å²) in [5, 5.41) is 12.0. The van der Waals surface area contributed by atoms with Gasteiger partial charge in [-0.3, -0.25) is 0 Å². The van der Waals surface area contributed by atoms with Crippen LogP contribution in [0.15, 0.2) is 18.2 Å². The van der Waals surface area contributed by atoms with E-state index in [-0.39, 0.29) is 5.92 Å². The minimum atomic E-state index is -0.865. The monoisotopic (exact) mass is 222 g/mol. The molecule has 1 aromatic rings. The predicted octanol–water partition coefficient (Wildman–Crippen LogP) is 2.10. The lowest BCUT2D eigenvalue weighted by Gasteiger charge is -2.20. The van der Waals surface area contributed by atoms with Crippen molar-refractivity contribution in [1.29, 1.82) is 0 Å². The third kappa shape index (κ3) is 2.89. The second-order valence-corrected chi connectivity index (χ2v) is 4.29. The standard InChI is InChI=1S/C12H18N2O2/c1-7(2)11(12(15)16)14-10-6-8(3)4-5-9(10)13/h4-7,11,14H,13H2,1-3H3,(H,15,16). The molecule has 88 valence electrons. The minimum absolute atomic E-state index is 0.00240. The number of carbonyl (C=O) groups is 1. The summed E-state index contributed by atoms with van der Waals surface area (Å²) in [4.78, 5) is 11.0. The van der Waals surface area contributed by atoms with Crippen molar-refractivity contribution < 1.29 is 9.90 Å². The molecule has 0 spiro atoms. The van der Waals surface area contributed by atoms with E-state index in [1.807, 2.05) is 32.9 Å². The van der Waals surface area contributed by atoms with E-state index in [2.05, 4.69) is 5.32 Å². The van der Waals surface area contributed by atoms with Crippen LogP contribution in [0.3, 0.4) is 0 Å². The van der Waals surface area contributed by atoms with E-state index >= 15 is 0 Å². The number of hydrogen-bond acceptors (Lipinski definition) is 3. The molecule has 1 atom stereocenters. The van der Waals surface area contributed by atoms with Gasteiger partial charge in [-0.15, -0.1) is 0 Å². The highest BCUT2D eigenvalue weighted by Gasteiger charge is 2.21. The number of nitrogens with one attached hydrogen (secondary N) is 1. The molecule has 0 aromatic heterocycles. The smallest absolute Gasteiger partial charge is 0.326 e. The van der Waals surface area contributed by atoms with Crippen LogP contribution in [0.4, 0.5) is 11.4 Å². The normalized spacial score (nSPS) is 12.5. The van der Waals surface area contributed by atoms with E-state index in [9.17, 15) is 4.79 Å². The lowest BCUT2D eigenvalue weighted by Crippen LogP contribution is -2.34. The first-order valence-corrected chi connectivity index (χ1v) is 5.27. The molecule has 0 bridgehead atoms. The number of rotatable bonds is 4. The first-order valence-electron chi connectivity index (χ1n) is 5.27. The number of hydrogen-bond donors (Lipinski definition) is 3. The van der Waals surface area contributed by atoms with Crippen LogP contribution in [0.2, 0.25) is 0 Å². The molecule has 4 nitrogen and oxygen atoms in total. The molecule has 4 heteroatoms. The number of nitrogens with two attached hydrogens (primary N) is 1. The molecule has 0 saturated heterocycles. The van der Waals surface area contributed by atoms with Gasteiger partial charge in [0.2, 0.25) is 0 Å². The summed E-state index contributed by atoms with van der Waals surface area (Å²) in [5.74, 6) is -0.867. The van der Waals surface area contributed by atoms with Gasteiger partial charge in [0.15, 0.2) is 0 Å². The average molecular weight is 222 g/mol. The maximum atomic E-state index is 11.0. The van der Waals surface area contributed by atoms with Gasteiger partial charge >= 0.3 is 5.97 Å². The van der Waals surface area contributed by atoms with Crippen molar-refractivity contribution in [3.63, 3.8) is 0 Å². The Hall–Kier alpha value is -1.71. The topological polar surface area (TPSA) is 75.3 Å². The molecule has 0 radical (unpaired) electrons. The Labute approximate surface area is 95.5 Å². The molecule has 0 amide bonds. The third-order valence-corrected chi connectivity index (χ3v) is 2.45. The number of anilines is 2. The van der Waals surface area contributed by atoms with Crippen LogP contribution in [0.25, 0.3) is 0 Å². The third-order valence-electron chi connectivity index (χ3n) is 2.45. The Morgan fingerprint density at radius 2 is 2.06 bits per heavy atom. The largest absolute Gasteiger partial charge is 0.480 e. The second-order valence-electron chi connectivity index (χ2n) is 4.29. The summed E-state index contributed by atoms with van der Waals surface area (Å²) in [5.41, 5.74) is 8.08. The van der Waals surface area contributed by atoms with Gasteiger partial charge in [-0.05, 0) is 30.5 Å². The van der Waals surface area contributed by atoms with E-state index in [1.54, 1.807) is 6.07 Å². The fourth-order valence-electron chi connectivity index (χ4n) is 1.48. The molecule has 0 fully saturated rings. The highest BCUT2D eigenvalue weighted by molar-refractivity contribution is 5.80. The van der Waals surface area contributed by atoms with Crippen molar-refractivity contribution in [3.05, 3.63) is 23.8 Å². The first-order chi connectivity index (χ1) is 7.41. The molecule has 1 unspecified atom stereocenters. The number of carboxylic acid groups (broad SMARTS) is 1. The van der Waals surface area contributed by atoms with Gasteiger partial charge in [0.05, 0.1) is 11.4 Å². The summed E-state index contributed by atoms with van der Waals surface area (Å²) in [6.45, 7) is 5.66. The Balaban J connectivity index is 2.93. The van der Waals surface area contributed by atoms with E-state index in [4.69, 9.17) is 10.8 Å². The van der Waals surface area contributed by atoms with Crippen molar-refractivity contribution in [2.75, 3.05) is 11.1 Å². The van der Waals surface area contributed by atoms with Crippen LogP contribution < -0.4 is 11.1 Å². The second kappa shape index (κ2) is 4.88. The Morgan fingerprint density at radius 1 is 1.44 bits per heavy atom. The molecule has 0 heterocycles. The van der Waals surface area contributed by atoms with Crippen LogP contribution >= 0.6 is 0 Å². The number of nitrogen functional groups attached to an aromatic ring is 1. The Bertz CT molecular complexity index is 389. The van der Waals surface area contributed by atoms with Crippen molar-refractivity contribution in [2.24, 2.45) is 5.92 Å². The van der Waals surface area contributed by atoms with E-state index in [1.165, 1.54) is 0 Å². The average Bonchev–Trinajstić information content (AvgIpc) is 2.18. The molecule has 0 aliphatic heterocycles. The lowest BCUT2D eigenvalue weighted by atomic mass is 10.0. The highest BCUT2D eigenvalue weighted by Crippen LogP contribution is 2.22. The van der Waals surface area contributed by atoms with Crippen LogP contribution in [0.5, 0.6) is 0 Å². The maximum absolute atomic E-state index is 11.0. The van der Waals surface area contributed by atoms with Gasteiger partial charge in [-0.25, -0.2) is 4.79 Å². The first kappa shape index (κ1) is 12.4. The summed E-state index contributed by atoms with van der Waals surface area (Å²) in [7, 11) is 0. The van der Waals surface area contributed by atoms with Gasteiger partial charge < -0.3 is 16.2 Å². The van der Waals surface area contributed by atoms with Crippen molar-refractivity contribution >= 4 is 17.3 Å². The van der Waals surface area contributed by atoms with Crippen molar-refractivity contribution in [2.45, 2.75) is 26.8 Å². The molecule has 0 aliphatic carbocycles. The molecular weight excluding hydrogens is 204 g/mol. The van der Waals surface area contributed by atoms with Gasteiger partial charge in [0.25, 0.3) is 0 Å². The van der Waals surface area contributed by atoms with Gasteiger partial charge in [-0.2, -0.15) is 0 Å². The van der Waals surface area contributed by atoms with Crippen molar-refractivity contribution in [3.8, 4) is 0 Å². The van der Waals surface area contributed by atoms with Crippen molar-refractivity contribution in [1.82, 2.24) is 0 Å². The van der Waals surface area contributed by atoms with Crippen LogP contribution in [-0.4, -0.2) is 17.1 Å². The zero-order chi connectivity index (χ0) is 12.3. The minimum Gasteiger partial charge on any atom is -0.480 e. The molecular formula is C12H18N2O2. The summed E-state index contributed by atoms with van der Waals surface area (Å²) in [6.07, 6.45) is 0. The maximum Gasteiger partial charge on any atom is 0.326 e. The quantitative estimate of drug-likeness (QED) is 0.682. The van der Waals surface area contributed by atoms with Gasteiger partial charge in [0.1, 0.15) is 6.04 Å². The Morgan fingerprint density at radius 3 is 2.56 bits per heavy atom. The van der Waals surface area contributed by atoms with E-state index < -0.39 is 12.0 Å². The SMILES string of the molecule is Cc1ccc(N)c(NC(C(=O)O)C(C)C)c1. The Kier molecular flexibility index (Phi) is 3.77. The van der Waals surface area contributed by atoms with E-state index in [0.29, 0.717) is 11.4 Å². The fraction of sp³-hybridized carbons (Fsp3) is 0.417. The van der Waals surface area contributed by atoms with Crippen LogP contribution in [0, 0.1) is 12.8 Å². The molecule has 1 rings (SSSR count). The summed E-state index contributed by atoms with van der Waals surface area (Å²) < 4.78 is 0. The molecule has 16 heavy (non-hydrogen) atoms. The summed E-state index contributed by atoms with van der Waals surface area (Å²) in [6, 6.07) is 4.90. The number of benzene rings is 1. The fourth-order valence-corrected chi connectivity index (χ4v) is 1.48. The highest BCUT2D eigenvalue weighted by atomic mass is 16.4. The van der Waals surface area contributed by atoms with Crippen LogP contribution in [0.1, 0.15) is 19.4 Å². The number of aliphatic carboxylic acids is 1. The number of carboxylic acids is 1. The number of aryl methyl sites for hydroxylation is 1. The lowest BCUT2D eigenvalue weighted by molar-refractivity contribution is -0.138. The van der Waals surface area contributed by atoms with Crippen LogP contribution in [-0.2, 0) is 4.79 Å².